The van der Waals surface area contributed by atoms with Crippen LogP contribution in [-0.2, 0) is 0 Å². The highest BCUT2D eigenvalue weighted by Crippen LogP contribution is 2.66. The number of aliphatic hydroxyl groups is 3. The fourth-order valence-corrected chi connectivity index (χ4v) is 3.33. The maximum absolute atomic E-state index is 14.0. The minimum Gasteiger partial charge on any atom is -1.00 e. The van der Waals surface area contributed by atoms with Crippen molar-refractivity contribution in [1.82, 2.24) is 0 Å². The van der Waals surface area contributed by atoms with Crippen molar-refractivity contribution in [3.05, 3.63) is 0 Å². The molecule has 0 radical (unpaired) electrons. The molecular weight excluding hydrogens is 754 g/mol. The van der Waals surface area contributed by atoms with E-state index in [1.807, 2.05) is 0 Å². The van der Waals surface area contributed by atoms with E-state index in [0.717, 1.165) is 7.05 Å². The number of nitrogens with zero attached hydrogens (tertiary/aromatic N) is 1. The lowest BCUT2D eigenvalue weighted by Gasteiger charge is -2.45. The Morgan fingerprint density at radius 1 is 0.537 bits per heavy atom. The van der Waals surface area contributed by atoms with Crippen LogP contribution in [0.4, 0.5) is 83.4 Å². The number of quaternary nitrogens is 1. The Morgan fingerprint density at radius 2 is 0.829 bits per heavy atom. The van der Waals surface area contributed by atoms with Gasteiger partial charge in [-0.3, -0.25) is 0 Å². The molecule has 0 aromatic rings. The second-order valence-electron chi connectivity index (χ2n) is 8.78. The van der Waals surface area contributed by atoms with Crippen LogP contribution in [0.15, 0.2) is 0 Å². The molecule has 3 N–H and O–H groups in total. The highest BCUT2D eigenvalue weighted by atomic mass is 127. The highest BCUT2D eigenvalue weighted by Gasteiger charge is 2.98. The van der Waals surface area contributed by atoms with E-state index in [1.54, 1.807) is 0 Å². The third-order valence-electron chi connectivity index (χ3n) is 5.67. The topological polar surface area (TPSA) is 60.7 Å². The minimum absolute atomic E-state index is 0. The summed E-state index contributed by atoms with van der Waals surface area (Å²) in [6, 6.07) is 0. The van der Waals surface area contributed by atoms with Crippen LogP contribution in [0.5, 0.6) is 0 Å². The minimum atomic E-state index is -9.10. The normalized spacial score (nSPS) is 16.5. The Labute approximate surface area is 233 Å². The summed E-state index contributed by atoms with van der Waals surface area (Å²) in [7, 11) is 0.919. The number of aliphatic hydroxyl groups excluding tert-OH is 3. The lowest BCUT2D eigenvalue weighted by Crippen LogP contribution is -3.00. The first-order valence-corrected chi connectivity index (χ1v) is 10.0. The molecule has 0 fully saturated rings. The lowest BCUT2D eigenvalue weighted by atomic mass is 9.83. The Kier molecular flexibility index (Phi) is 12.7. The third kappa shape index (κ3) is 6.83. The number of halogens is 20. The van der Waals surface area contributed by atoms with E-state index in [4.69, 9.17) is 10.2 Å². The van der Waals surface area contributed by atoms with Crippen LogP contribution in [0.25, 0.3) is 0 Å². The van der Waals surface area contributed by atoms with E-state index in [-0.39, 0.29) is 24.0 Å². The van der Waals surface area contributed by atoms with Gasteiger partial charge in [0.05, 0.1) is 20.3 Å². The monoisotopic (exact) mass is 773 g/mol. The summed E-state index contributed by atoms with van der Waals surface area (Å²) in [5.74, 6) is -50.7. The van der Waals surface area contributed by atoms with Crippen molar-refractivity contribution in [3.63, 3.8) is 0 Å². The molecule has 0 aromatic heterocycles. The summed E-state index contributed by atoms with van der Waals surface area (Å²) >= 11 is 0. The zero-order chi connectivity index (χ0) is 32.8. The Hall–Kier alpha value is -0.760. The van der Waals surface area contributed by atoms with Crippen molar-refractivity contribution in [1.29, 1.82) is 0 Å². The summed E-state index contributed by atoms with van der Waals surface area (Å²) in [6.45, 7) is -4.13. The molecule has 0 saturated heterocycles. The van der Waals surface area contributed by atoms with Gasteiger partial charge in [-0.2, -0.15) is 79.0 Å². The van der Waals surface area contributed by atoms with Crippen molar-refractivity contribution in [2.24, 2.45) is 0 Å². The molecule has 250 valence electrons. The van der Waals surface area contributed by atoms with Crippen LogP contribution in [0.1, 0.15) is 6.42 Å². The van der Waals surface area contributed by atoms with Gasteiger partial charge < -0.3 is 43.8 Å². The zero-order valence-electron chi connectivity index (χ0n) is 19.7. The molecule has 4 nitrogen and oxygen atoms in total. The van der Waals surface area contributed by atoms with Gasteiger partial charge in [-0.25, -0.2) is 4.39 Å². The molecule has 0 aromatic carbocycles. The van der Waals surface area contributed by atoms with Gasteiger partial charge in [0.25, 0.3) is 0 Å². The Bertz CT molecular complexity index is 841. The molecule has 0 spiro atoms. The summed E-state index contributed by atoms with van der Waals surface area (Å²) in [5.41, 5.74) is -8.80. The van der Waals surface area contributed by atoms with Gasteiger partial charge >= 0.3 is 53.6 Å². The lowest BCUT2D eigenvalue weighted by molar-refractivity contribution is -0.913. The predicted molar refractivity (Wildman–Crippen MR) is 91.2 cm³/mol. The molecule has 0 rings (SSSR count). The van der Waals surface area contributed by atoms with Crippen molar-refractivity contribution in [2.75, 3.05) is 39.9 Å². The smallest absolute Gasteiger partial charge is 0.438 e. The molecular formula is C17H19F19INO3. The second-order valence-corrected chi connectivity index (χ2v) is 8.78. The average molecular weight is 773 g/mol. The first-order valence-electron chi connectivity index (χ1n) is 10.0. The van der Waals surface area contributed by atoms with Gasteiger partial charge in [-0.1, -0.05) is 0 Å². The molecule has 1 unspecified atom stereocenters. The van der Waals surface area contributed by atoms with Crippen LogP contribution in [0.2, 0.25) is 0 Å². The molecule has 0 saturated carbocycles. The van der Waals surface area contributed by atoms with Crippen molar-refractivity contribution < 1.29 is 127 Å². The largest absolute Gasteiger partial charge is 1.00 e. The summed E-state index contributed by atoms with van der Waals surface area (Å²) in [4.78, 5) is 0. The van der Waals surface area contributed by atoms with Gasteiger partial charge in [-0.15, -0.1) is 0 Å². The summed E-state index contributed by atoms with van der Waals surface area (Å²) in [6.07, 6.45) is -22.8. The first-order chi connectivity index (χ1) is 17.2. The molecule has 0 heterocycles. The maximum atomic E-state index is 14.0. The van der Waals surface area contributed by atoms with Gasteiger partial charge in [0.15, 0.2) is 0 Å². The second kappa shape index (κ2) is 12.3. The fourth-order valence-electron chi connectivity index (χ4n) is 3.33. The summed E-state index contributed by atoms with van der Waals surface area (Å²) < 4.78 is 253. The summed E-state index contributed by atoms with van der Waals surface area (Å²) in [5, 5.41) is 27.3. The van der Waals surface area contributed by atoms with Crippen LogP contribution < -0.4 is 24.0 Å². The first kappa shape index (κ1) is 42.4. The van der Waals surface area contributed by atoms with E-state index >= 15 is 0 Å². The predicted octanol–water partition coefficient (Wildman–Crippen LogP) is 1.82. The average Bonchev–Trinajstić information content (AvgIpc) is 2.70. The maximum Gasteiger partial charge on any atom is 0.438 e. The van der Waals surface area contributed by atoms with Gasteiger partial charge in [0.2, 0.25) is 0 Å². The molecule has 0 amide bonds. The van der Waals surface area contributed by atoms with Gasteiger partial charge in [0, 0.05) is 6.42 Å². The Morgan fingerprint density at radius 3 is 1.12 bits per heavy atom. The van der Waals surface area contributed by atoms with Crippen molar-refractivity contribution >= 4 is 0 Å². The number of likely N-dealkylation sites (N-methyl/N-ethyl adjacent to an activating group) is 1. The standard InChI is InChI=1S/C17H19F19NO3.HI/c1-37(2-4-38,3-5-39)7-8(40)6-9(18,19)11(21,22)13(25,26)15(29,30)14(27,28)12(23,24)10(20,16(31,32)33)17(34,35)36;/h8,38-40H,2-7H2,1H3;1H/q+1;/p-1. The highest BCUT2D eigenvalue weighted by molar-refractivity contribution is 5.19. The van der Waals surface area contributed by atoms with E-state index in [1.165, 1.54) is 0 Å². The molecule has 0 aliphatic rings. The molecule has 0 aliphatic heterocycles. The molecule has 0 aliphatic carbocycles. The fraction of sp³-hybridized carbons (Fsp3) is 1.00. The van der Waals surface area contributed by atoms with E-state index in [2.05, 4.69) is 0 Å². The van der Waals surface area contributed by atoms with E-state index < -0.39 is 103 Å². The van der Waals surface area contributed by atoms with Crippen LogP contribution in [0, 0.1) is 0 Å². The van der Waals surface area contributed by atoms with Gasteiger partial charge in [-0.05, 0) is 0 Å². The molecule has 0 bridgehead atoms. The molecule has 41 heavy (non-hydrogen) atoms. The van der Waals surface area contributed by atoms with Crippen LogP contribution >= 0.6 is 0 Å². The Balaban J connectivity index is 0. The van der Waals surface area contributed by atoms with Gasteiger partial charge in [0.1, 0.15) is 25.7 Å². The zero-order valence-corrected chi connectivity index (χ0v) is 21.8. The molecule has 24 heteroatoms. The SMILES string of the molecule is C[N+](CCO)(CCO)CC(O)CC(F)(F)C(F)(F)C(F)(F)C(F)(F)C(F)(F)C(F)(F)C(F)(C(F)(F)F)C(F)(F)F.[I-]. The van der Waals surface area contributed by atoms with Crippen LogP contribution in [-0.4, -0.2) is 119 Å². The van der Waals surface area contributed by atoms with E-state index in [0.29, 0.717) is 0 Å². The molecule has 1 atom stereocenters. The van der Waals surface area contributed by atoms with E-state index in [9.17, 15) is 88.5 Å². The number of rotatable bonds is 14. The number of alkyl halides is 19. The van der Waals surface area contributed by atoms with Crippen molar-refractivity contribution in [2.45, 2.75) is 66.1 Å². The quantitative estimate of drug-likeness (QED) is 0.144. The van der Waals surface area contributed by atoms with Crippen LogP contribution in [0.3, 0.4) is 0 Å². The number of hydrogen-bond donors (Lipinski definition) is 3. The number of hydrogen-bond acceptors (Lipinski definition) is 3. The third-order valence-corrected chi connectivity index (χ3v) is 5.67. The van der Waals surface area contributed by atoms with Crippen molar-refractivity contribution in [3.8, 4) is 0 Å².